The van der Waals surface area contributed by atoms with Crippen molar-refractivity contribution in [3.63, 3.8) is 0 Å². The topological polar surface area (TPSA) is 41.1 Å². The van der Waals surface area contributed by atoms with Gasteiger partial charge in [0, 0.05) is 13.1 Å². The minimum absolute atomic E-state index is 0.130. The molecule has 0 aromatic heterocycles. The molecule has 2 N–H and O–H groups in total. The first-order valence-corrected chi connectivity index (χ1v) is 6.43. The van der Waals surface area contributed by atoms with E-state index >= 15 is 0 Å². The van der Waals surface area contributed by atoms with Crippen molar-refractivity contribution in [1.82, 2.24) is 10.6 Å². The molecule has 0 saturated heterocycles. The maximum atomic E-state index is 11.7. The van der Waals surface area contributed by atoms with Crippen molar-refractivity contribution in [2.24, 2.45) is 11.3 Å². The van der Waals surface area contributed by atoms with E-state index in [1.54, 1.807) is 0 Å². The SMILES string of the molecule is CCCC(C)CNCC(C)(C)C(=O)NCC. The van der Waals surface area contributed by atoms with Crippen molar-refractivity contribution >= 4 is 5.91 Å². The van der Waals surface area contributed by atoms with Crippen LogP contribution in [0.2, 0.25) is 0 Å². The monoisotopic (exact) mass is 228 g/mol. The largest absolute Gasteiger partial charge is 0.356 e. The van der Waals surface area contributed by atoms with Crippen LogP contribution in [0.4, 0.5) is 0 Å². The summed E-state index contributed by atoms with van der Waals surface area (Å²) in [6, 6.07) is 0. The molecule has 0 aromatic rings. The average Bonchev–Trinajstić information content (AvgIpc) is 2.18. The molecule has 0 aliphatic heterocycles. The number of amides is 1. The summed E-state index contributed by atoms with van der Waals surface area (Å²) in [6.07, 6.45) is 2.47. The molecule has 0 saturated carbocycles. The van der Waals surface area contributed by atoms with Crippen molar-refractivity contribution in [3.8, 4) is 0 Å². The van der Waals surface area contributed by atoms with E-state index in [1.165, 1.54) is 12.8 Å². The zero-order valence-electron chi connectivity index (χ0n) is 11.5. The smallest absolute Gasteiger partial charge is 0.226 e. The summed E-state index contributed by atoms with van der Waals surface area (Å²) in [5.74, 6) is 0.820. The van der Waals surface area contributed by atoms with Gasteiger partial charge in [-0.25, -0.2) is 0 Å². The van der Waals surface area contributed by atoms with E-state index < -0.39 is 0 Å². The summed E-state index contributed by atoms with van der Waals surface area (Å²) in [4.78, 5) is 11.7. The van der Waals surface area contributed by atoms with E-state index in [9.17, 15) is 4.79 Å². The molecule has 0 spiro atoms. The fourth-order valence-corrected chi connectivity index (χ4v) is 1.71. The van der Waals surface area contributed by atoms with Crippen molar-refractivity contribution in [2.45, 2.75) is 47.5 Å². The maximum Gasteiger partial charge on any atom is 0.226 e. The van der Waals surface area contributed by atoms with Crippen molar-refractivity contribution < 1.29 is 4.79 Å². The normalized spacial score (nSPS) is 13.6. The van der Waals surface area contributed by atoms with Crippen LogP contribution < -0.4 is 10.6 Å². The fourth-order valence-electron chi connectivity index (χ4n) is 1.71. The summed E-state index contributed by atoms with van der Waals surface area (Å²) in [7, 11) is 0. The fraction of sp³-hybridized carbons (Fsp3) is 0.923. The summed E-state index contributed by atoms with van der Waals surface area (Å²) in [5.41, 5.74) is -0.318. The highest BCUT2D eigenvalue weighted by molar-refractivity contribution is 5.81. The van der Waals surface area contributed by atoms with E-state index in [0.29, 0.717) is 12.5 Å². The van der Waals surface area contributed by atoms with Crippen LogP contribution in [-0.2, 0) is 4.79 Å². The molecule has 0 aliphatic carbocycles. The Labute approximate surface area is 100 Å². The van der Waals surface area contributed by atoms with Crippen LogP contribution in [0.3, 0.4) is 0 Å². The minimum Gasteiger partial charge on any atom is -0.356 e. The molecular weight excluding hydrogens is 200 g/mol. The highest BCUT2D eigenvalue weighted by Crippen LogP contribution is 2.13. The van der Waals surface area contributed by atoms with Crippen LogP contribution in [0.1, 0.15) is 47.5 Å². The zero-order chi connectivity index (χ0) is 12.6. The first kappa shape index (κ1) is 15.4. The third-order valence-corrected chi connectivity index (χ3v) is 2.79. The van der Waals surface area contributed by atoms with Gasteiger partial charge in [-0.2, -0.15) is 0 Å². The van der Waals surface area contributed by atoms with E-state index in [-0.39, 0.29) is 11.3 Å². The quantitative estimate of drug-likeness (QED) is 0.668. The standard InChI is InChI=1S/C13H28N2O/c1-6-8-11(3)9-14-10-13(4,5)12(16)15-7-2/h11,14H,6-10H2,1-5H3,(H,15,16). The Bertz CT molecular complexity index is 202. The minimum atomic E-state index is -0.318. The van der Waals surface area contributed by atoms with Gasteiger partial charge < -0.3 is 10.6 Å². The second kappa shape index (κ2) is 7.66. The molecule has 0 heterocycles. The van der Waals surface area contributed by atoms with Gasteiger partial charge in [0.05, 0.1) is 5.41 Å². The number of rotatable bonds is 8. The van der Waals surface area contributed by atoms with Gasteiger partial charge in [0.25, 0.3) is 0 Å². The van der Waals surface area contributed by atoms with Gasteiger partial charge in [0.1, 0.15) is 0 Å². The molecule has 0 radical (unpaired) electrons. The van der Waals surface area contributed by atoms with Crippen LogP contribution in [0.25, 0.3) is 0 Å². The number of carbonyl (C=O) groups excluding carboxylic acids is 1. The third-order valence-electron chi connectivity index (χ3n) is 2.79. The molecule has 0 aliphatic rings. The zero-order valence-corrected chi connectivity index (χ0v) is 11.5. The Morgan fingerprint density at radius 2 is 1.94 bits per heavy atom. The number of carbonyl (C=O) groups is 1. The number of hydrogen-bond donors (Lipinski definition) is 2. The van der Waals surface area contributed by atoms with E-state index in [4.69, 9.17) is 0 Å². The Morgan fingerprint density at radius 1 is 1.31 bits per heavy atom. The summed E-state index contributed by atoms with van der Waals surface area (Å²) >= 11 is 0. The lowest BCUT2D eigenvalue weighted by Crippen LogP contribution is -2.44. The summed E-state index contributed by atoms with van der Waals surface area (Å²) in [5, 5.41) is 6.26. The van der Waals surface area contributed by atoms with Gasteiger partial charge in [-0.15, -0.1) is 0 Å². The van der Waals surface area contributed by atoms with E-state index in [2.05, 4.69) is 24.5 Å². The van der Waals surface area contributed by atoms with Gasteiger partial charge in [-0.3, -0.25) is 4.79 Å². The molecule has 1 unspecified atom stereocenters. The number of nitrogens with one attached hydrogen (secondary N) is 2. The van der Waals surface area contributed by atoms with Gasteiger partial charge in [-0.1, -0.05) is 20.3 Å². The van der Waals surface area contributed by atoms with Crippen LogP contribution in [0, 0.1) is 11.3 Å². The van der Waals surface area contributed by atoms with E-state index in [0.717, 1.165) is 13.1 Å². The molecule has 3 nitrogen and oxygen atoms in total. The van der Waals surface area contributed by atoms with Crippen LogP contribution in [0.15, 0.2) is 0 Å². The number of hydrogen-bond acceptors (Lipinski definition) is 2. The lowest BCUT2D eigenvalue weighted by Gasteiger charge is -2.24. The molecule has 1 amide bonds. The highest BCUT2D eigenvalue weighted by atomic mass is 16.2. The van der Waals surface area contributed by atoms with Crippen molar-refractivity contribution in [1.29, 1.82) is 0 Å². The van der Waals surface area contributed by atoms with Crippen LogP contribution in [-0.4, -0.2) is 25.5 Å². The summed E-state index contributed by atoms with van der Waals surface area (Å²) in [6.45, 7) is 12.8. The van der Waals surface area contributed by atoms with Gasteiger partial charge >= 0.3 is 0 Å². The van der Waals surface area contributed by atoms with Crippen LogP contribution in [0.5, 0.6) is 0 Å². The van der Waals surface area contributed by atoms with Gasteiger partial charge in [-0.05, 0) is 39.7 Å². The second-order valence-corrected chi connectivity index (χ2v) is 5.27. The Hall–Kier alpha value is -0.570. The predicted molar refractivity (Wildman–Crippen MR) is 69.4 cm³/mol. The lowest BCUT2D eigenvalue weighted by molar-refractivity contribution is -0.129. The maximum absolute atomic E-state index is 11.7. The first-order valence-electron chi connectivity index (χ1n) is 6.43. The van der Waals surface area contributed by atoms with Gasteiger partial charge in [0.2, 0.25) is 5.91 Å². The highest BCUT2D eigenvalue weighted by Gasteiger charge is 2.26. The molecule has 0 bridgehead atoms. The molecule has 16 heavy (non-hydrogen) atoms. The third kappa shape index (κ3) is 6.11. The van der Waals surface area contributed by atoms with Crippen LogP contribution >= 0.6 is 0 Å². The van der Waals surface area contributed by atoms with E-state index in [1.807, 2.05) is 20.8 Å². The summed E-state index contributed by atoms with van der Waals surface area (Å²) < 4.78 is 0. The molecule has 0 aromatic carbocycles. The molecule has 0 fully saturated rings. The second-order valence-electron chi connectivity index (χ2n) is 5.27. The first-order chi connectivity index (χ1) is 7.44. The molecular formula is C13H28N2O. The van der Waals surface area contributed by atoms with Crippen molar-refractivity contribution in [2.75, 3.05) is 19.6 Å². The lowest BCUT2D eigenvalue weighted by atomic mass is 9.92. The molecule has 0 rings (SSSR count). The Kier molecular flexibility index (Phi) is 7.39. The molecule has 96 valence electrons. The Balaban J connectivity index is 3.85. The predicted octanol–water partition coefficient (Wildman–Crippen LogP) is 2.17. The van der Waals surface area contributed by atoms with Gasteiger partial charge in [0.15, 0.2) is 0 Å². The Morgan fingerprint density at radius 3 is 2.44 bits per heavy atom. The van der Waals surface area contributed by atoms with Crippen molar-refractivity contribution in [3.05, 3.63) is 0 Å². The molecule has 3 heteroatoms. The molecule has 1 atom stereocenters. The average molecular weight is 228 g/mol.